The van der Waals surface area contributed by atoms with Crippen molar-refractivity contribution in [1.29, 1.82) is 0 Å². The quantitative estimate of drug-likeness (QED) is 0.871. The van der Waals surface area contributed by atoms with Crippen LogP contribution in [0.15, 0.2) is 4.90 Å². The van der Waals surface area contributed by atoms with Gasteiger partial charge in [-0.2, -0.15) is 4.37 Å². The summed E-state index contributed by atoms with van der Waals surface area (Å²) in [5.74, 6) is 0.668. The number of hydrogen-bond acceptors (Lipinski definition) is 6. The van der Waals surface area contributed by atoms with Gasteiger partial charge in [0.25, 0.3) is 0 Å². The first-order chi connectivity index (χ1) is 9.41. The van der Waals surface area contributed by atoms with E-state index in [-0.39, 0.29) is 11.1 Å². The van der Waals surface area contributed by atoms with Gasteiger partial charge in [0.05, 0.1) is 5.25 Å². The second kappa shape index (κ2) is 4.87. The largest absolute Gasteiger partial charge is 0.382 e. The van der Waals surface area contributed by atoms with Crippen molar-refractivity contribution in [2.45, 2.75) is 55.7 Å². The van der Waals surface area contributed by atoms with E-state index in [9.17, 15) is 8.42 Å². The summed E-state index contributed by atoms with van der Waals surface area (Å²) in [7, 11) is -3.29. The fourth-order valence-electron chi connectivity index (χ4n) is 2.46. The number of rotatable bonds is 6. The smallest absolute Gasteiger partial charge is 0.187 e. The molecule has 0 radical (unpaired) electrons. The summed E-state index contributed by atoms with van der Waals surface area (Å²) >= 11 is 1.24. The van der Waals surface area contributed by atoms with Crippen LogP contribution in [0.4, 0.5) is 10.8 Å². The van der Waals surface area contributed by atoms with E-state index in [4.69, 9.17) is 5.73 Å². The summed E-state index contributed by atoms with van der Waals surface area (Å²) < 4.78 is 29.3. The fourth-order valence-corrected chi connectivity index (χ4v) is 5.56. The molecule has 1 aromatic rings. The van der Waals surface area contributed by atoms with Crippen LogP contribution >= 0.6 is 11.5 Å². The Bertz CT molecular complexity index is 601. The fraction of sp³-hybridized carbons (Fsp3) is 0.769. The van der Waals surface area contributed by atoms with Crippen molar-refractivity contribution in [2.24, 2.45) is 5.92 Å². The second-order valence-corrected chi connectivity index (χ2v) is 9.14. The van der Waals surface area contributed by atoms with E-state index in [1.54, 1.807) is 0 Å². The zero-order chi connectivity index (χ0) is 14.5. The third-order valence-corrected chi connectivity index (χ3v) is 7.06. The van der Waals surface area contributed by atoms with E-state index >= 15 is 0 Å². The molecule has 0 atom stereocenters. The molecule has 2 aliphatic rings. The molecule has 2 saturated carbocycles. The molecule has 0 spiro atoms. The van der Waals surface area contributed by atoms with Gasteiger partial charge < -0.3 is 10.6 Å². The van der Waals surface area contributed by atoms with Crippen molar-refractivity contribution < 1.29 is 8.42 Å². The average Bonchev–Trinajstić information content (AvgIpc) is 3.23. The monoisotopic (exact) mass is 315 g/mol. The summed E-state index contributed by atoms with van der Waals surface area (Å²) in [5, 5.41) is 0.533. The predicted molar refractivity (Wildman–Crippen MR) is 81.9 cm³/mol. The molecule has 2 aliphatic carbocycles. The Morgan fingerprint density at radius 3 is 2.50 bits per heavy atom. The number of nitrogens with two attached hydrogens (primary N) is 1. The molecule has 0 unspecified atom stereocenters. The van der Waals surface area contributed by atoms with Gasteiger partial charge in [0.15, 0.2) is 15.7 Å². The maximum absolute atomic E-state index is 12.6. The molecule has 1 aromatic heterocycles. The maximum atomic E-state index is 12.6. The van der Waals surface area contributed by atoms with Gasteiger partial charge in [0.2, 0.25) is 0 Å². The molecule has 3 rings (SSSR count). The van der Waals surface area contributed by atoms with Crippen LogP contribution in [-0.4, -0.2) is 30.6 Å². The SMILES string of the molecule is CC(C)CN(c1snc(N)c1S(=O)(=O)C1CC1)C1CC1. The minimum atomic E-state index is -3.29. The molecule has 0 bridgehead atoms. The first kappa shape index (κ1) is 14.1. The van der Waals surface area contributed by atoms with Gasteiger partial charge in [-0.3, -0.25) is 0 Å². The second-order valence-electron chi connectivity index (χ2n) is 6.22. The van der Waals surface area contributed by atoms with Crippen molar-refractivity contribution in [3.8, 4) is 0 Å². The van der Waals surface area contributed by atoms with Crippen molar-refractivity contribution in [3.63, 3.8) is 0 Å². The van der Waals surface area contributed by atoms with Gasteiger partial charge >= 0.3 is 0 Å². The van der Waals surface area contributed by atoms with Crippen molar-refractivity contribution in [3.05, 3.63) is 0 Å². The van der Waals surface area contributed by atoms with Gasteiger partial charge in [-0.05, 0) is 43.1 Å². The van der Waals surface area contributed by atoms with Gasteiger partial charge in [-0.15, -0.1) is 0 Å². The molecule has 0 saturated heterocycles. The minimum absolute atomic E-state index is 0.186. The Balaban J connectivity index is 2.00. The number of sulfone groups is 1. The standard InChI is InChI=1S/C13H21N3O2S2/c1-8(2)7-16(9-3-4-9)13-11(12(14)15-19-13)20(17,18)10-5-6-10/h8-10H,3-7H2,1-2H3,(H2,14,15). The van der Waals surface area contributed by atoms with E-state index in [1.807, 2.05) is 0 Å². The topological polar surface area (TPSA) is 76.3 Å². The van der Waals surface area contributed by atoms with Crippen molar-refractivity contribution >= 4 is 32.2 Å². The van der Waals surface area contributed by atoms with E-state index in [2.05, 4.69) is 23.1 Å². The van der Waals surface area contributed by atoms with Crippen LogP contribution in [0.25, 0.3) is 0 Å². The van der Waals surface area contributed by atoms with E-state index < -0.39 is 9.84 Å². The molecular formula is C13H21N3O2S2. The molecule has 0 amide bonds. The third-order valence-electron chi connectivity index (χ3n) is 3.72. The van der Waals surface area contributed by atoms with Crippen LogP contribution in [-0.2, 0) is 9.84 Å². The van der Waals surface area contributed by atoms with Gasteiger partial charge in [0.1, 0.15) is 9.90 Å². The number of nitrogens with zero attached hydrogens (tertiary/aromatic N) is 2. The lowest BCUT2D eigenvalue weighted by Gasteiger charge is -2.25. The predicted octanol–water partition coefficient (Wildman–Crippen LogP) is 2.29. The highest BCUT2D eigenvalue weighted by atomic mass is 32.2. The van der Waals surface area contributed by atoms with Crippen LogP contribution in [0.2, 0.25) is 0 Å². The van der Waals surface area contributed by atoms with Gasteiger partial charge in [-0.1, -0.05) is 13.8 Å². The lowest BCUT2D eigenvalue weighted by Crippen LogP contribution is -2.30. The maximum Gasteiger partial charge on any atom is 0.187 e. The van der Waals surface area contributed by atoms with Crippen LogP contribution in [0.3, 0.4) is 0 Å². The number of anilines is 2. The summed E-state index contributed by atoms with van der Waals surface area (Å²) in [5.41, 5.74) is 5.88. The highest BCUT2D eigenvalue weighted by Crippen LogP contribution is 2.45. The Morgan fingerprint density at radius 2 is 2.00 bits per heavy atom. The Hall–Kier alpha value is -0.820. The highest BCUT2D eigenvalue weighted by Gasteiger charge is 2.43. The first-order valence-corrected chi connectivity index (χ1v) is 9.49. The molecule has 7 heteroatoms. The van der Waals surface area contributed by atoms with Crippen LogP contribution < -0.4 is 10.6 Å². The molecule has 2 fully saturated rings. The van der Waals surface area contributed by atoms with Crippen LogP contribution in [0, 0.1) is 5.92 Å². The molecule has 0 aliphatic heterocycles. The average molecular weight is 315 g/mol. The van der Waals surface area contributed by atoms with E-state index in [0.29, 0.717) is 16.9 Å². The summed E-state index contributed by atoms with van der Waals surface area (Å²) in [6, 6.07) is 0.463. The lowest BCUT2D eigenvalue weighted by atomic mass is 10.2. The third kappa shape index (κ3) is 2.53. The summed E-state index contributed by atoms with van der Waals surface area (Å²) in [6.45, 7) is 5.16. The Kier molecular flexibility index (Phi) is 3.44. The van der Waals surface area contributed by atoms with E-state index in [0.717, 1.165) is 37.2 Å². The summed E-state index contributed by atoms with van der Waals surface area (Å²) in [4.78, 5) is 2.52. The first-order valence-electron chi connectivity index (χ1n) is 7.17. The highest BCUT2D eigenvalue weighted by molar-refractivity contribution is 7.92. The Morgan fingerprint density at radius 1 is 1.35 bits per heavy atom. The molecule has 1 heterocycles. The van der Waals surface area contributed by atoms with Gasteiger partial charge in [-0.25, -0.2) is 8.42 Å². The van der Waals surface area contributed by atoms with Gasteiger partial charge in [0, 0.05) is 12.6 Å². The normalized spacial score (nSPS) is 19.6. The molecule has 2 N–H and O–H groups in total. The van der Waals surface area contributed by atoms with Crippen LogP contribution in [0.1, 0.15) is 39.5 Å². The van der Waals surface area contributed by atoms with Crippen LogP contribution in [0.5, 0.6) is 0 Å². The zero-order valence-electron chi connectivity index (χ0n) is 11.9. The Labute approximate surface area is 124 Å². The molecule has 0 aromatic carbocycles. The van der Waals surface area contributed by atoms with E-state index in [1.165, 1.54) is 11.5 Å². The molecule has 112 valence electrons. The summed E-state index contributed by atoms with van der Waals surface area (Å²) in [6.07, 6.45) is 3.77. The molecule has 5 nitrogen and oxygen atoms in total. The lowest BCUT2D eigenvalue weighted by molar-refractivity contribution is 0.590. The minimum Gasteiger partial charge on any atom is -0.382 e. The molecule has 20 heavy (non-hydrogen) atoms. The van der Waals surface area contributed by atoms with Crippen molar-refractivity contribution in [2.75, 3.05) is 17.2 Å². The number of aromatic nitrogens is 1. The molecular weight excluding hydrogens is 294 g/mol. The zero-order valence-corrected chi connectivity index (χ0v) is 13.5. The number of hydrogen-bond donors (Lipinski definition) is 1. The van der Waals surface area contributed by atoms with Crippen molar-refractivity contribution in [1.82, 2.24) is 4.37 Å². The number of nitrogen functional groups attached to an aromatic ring is 1.